The van der Waals surface area contributed by atoms with Crippen molar-refractivity contribution in [3.63, 3.8) is 0 Å². The van der Waals surface area contributed by atoms with E-state index in [2.05, 4.69) is 173 Å². The van der Waals surface area contributed by atoms with Crippen molar-refractivity contribution in [2.24, 2.45) is 0 Å². The summed E-state index contributed by atoms with van der Waals surface area (Å²) in [6, 6.07) is 32.7. The monoisotopic (exact) mass is 751 g/mol. The lowest BCUT2D eigenvalue weighted by Crippen LogP contribution is -2.57. The molecule has 0 N–H and O–H groups in total. The highest BCUT2D eigenvalue weighted by molar-refractivity contribution is 6.97. The molecule has 0 saturated heterocycles. The van der Waals surface area contributed by atoms with Gasteiger partial charge in [-0.1, -0.05) is 119 Å². The molecular weight excluding hydrogens is 693 g/mol. The Hall–Kier alpha value is -4.70. The highest BCUT2D eigenvalue weighted by atomic mass is 16.3. The molecule has 3 nitrogen and oxygen atoms in total. The first-order chi connectivity index (χ1) is 26.7. The van der Waals surface area contributed by atoms with Gasteiger partial charge in [0.25, 0.3) is 6.71 Å². The smallest absolute Gasteiger partial charge is 0.291 e. The Morgan fingerprint density at radius 2 is 1.16 bits per heavy atom. The fourth-order valence-electron chi connectivity index (χ4n) is 10.9. The van der Waals surface area contributed by atoms with Crippen LogP contribution in [0, 0.1) is 6.92 Å². The molecule has 0 fully saturated rings. The van der Waals surface area contributed by atoms with Crippen molar-refractivity contribution in [2.75, 3.05) is 4.90 Å². The lowest BCUT2D eigenvalue weighted by atomic mass is 9.36. The van der Waals surface area contributed by atoms with Crippen LogP contribution in [-0.4, -0.2) is 6.71 Å². The zero-order valence-electron chi connectivity index (χ0n) is 36.3. The van der Waals surface area contributed by atoms with Gasteiger partial charge in [0.05, 0.1) is 16.7 Å². The van der Waals surface area contributed by atoms with Gasteiger partial charge in [-0.3, -0.25) is 0 Å². The minimum Gasteiger partial charge on any atom is -0.470 e. The molecule has 0 unspecified atom stereocenters. The third-order valence-corrected chi connectivity index (χ3v) is 14.6. The summed E-state index contributed by atoms with van der Waals surface area (Å²) in [5.74, 6) is 0. The van der Waals surface area contributed by atoms with Gasteiger partial charge in [-0.25, -0.2) is 0 Å². The number of hydrogen-bond acceptors (Lipinski definition) is 3. The molecule has 1 aliphatic heterocycles. The Morgan fingerprint density at radius 3 is 1.82 bits per heavy atom. The van der Waals surface area contributed by atoms with Crippen LogP contribution in [0.4, 0.5) is 17.1 Å². The van der Waals surface area contributed by atoms with E-state index in [0.29, 0.717) is 0 Å². The Morgan fingerprint density at radius 1 is 0.561 bits per heavy atom. The summed E-state index contributed by atoms with van der Waals surface area (Å²) in [4.78, 5) is 2.57. The predicted molar refractivity (Wildman–Crippen MR) is 243 cm³/mol. The standard InChI is InChI=1S/C53H58BNO2/c1-31-19-20-39-42(25-31)55(41-17-14-18-44-47(41)33-15-13-16-34(48(33)57-44)49(2,3)4)43-29-37-36(51(7,8)22-23-52(37,9)10)28-40(43)54(39)46-27-32-26-35-38(30-45(32)56-46)53(11,12)24-21-50(35,5)6/h13-20,25-30H,21-24H2,1-12H3. The van der Waals surface area contributed by atoms with E-state index < -0.39 is 0 Å². The Labute approximate surface area is 339 Å². The molecule has 0 bridgehead atoms. The first-order valence-corrected chi connectivity index (χ1v) is 21.4. The van der Waals surface area contributed by atoms with Gasteiger partial charge in [-0.15, -0.1) is 0 Å². The number of rotatable bonds is 2. The Balaban J connectivity index is 1.28. The second-order valence-electron chi connectivity index (χ2n) is 21.6. The minimum absolute atomic E-state index is 0.0436. The molecule has 2 aromatic heterocycles. The summed E-state index contributed by atoms with van der Waals surface area (Å²) in [7, 11) is 0. The van der Waals surface area contributed by atoms with E-state index in [-0.39, 0.29) is 33.8 Å². The Kier molecular flexibility index (Phi) is 7.52. The predicted octanol–water partition coefficient (Wildman–Crippen LogP) is 12.9. The van der Waals surface area contributed by atoms with Gasteiger partial charge in [0.2, 0.25) is 0 Å². The zero-order valence-corrected chi connectivity index (χ0v) is 36.3. The quantitative estimate of drug-likeness (QED) is 0.165. The molecule has 7 aromatic rings. The number of aryl methyl sites for hydroxylation is 1. The van der Waals surface area contributed by atoms with Gasteiger partial charge in [-0.05, 0) is 141 Å². The van der Waals surface area contributed by atoms with E-state index in [1.165, 1.54) is 73.9 Å². The highest BCUT2D eigenvalue weighted by Gasteiger charge is 2.44. The molecule has 57 heavy (non-hydrogen) atoms. The zero-order chi connectivity index (χ0) is 40.2. The van der Waals surface area contributed by atoms with Gasteiger partial charge in [0, 0.05) is 27.7 Å². The molecule has 3 aliphatic rings. The van der Waals surface area contributed by atoms with Crippen molar-refractivity contribution in [1.29, 1.82) is 0 Å². The number of fused-ring (bicyclic) bond motifs is 8. The van der Waals surface area contributed by atoms with Crippen molar-refractivity contribution in [2.45, 2.75) is 136 Å². The number of nitrogens with zero attached hydrogens (tertiary/aromatic N) is 1. The molecule has 5 aromatic carbocycles. The maximum Gasteiger partial charge on any atom is 0.291 e. The van der Waals surface area contributed by atoms with Crippen LogP contribution in [-0.2, 0) is 27.1 Å². The molecule has 0 atom stereocenters. The molecule has 10 rings (SSSR count). The number of para-hydroxylation sites is 1. The van der Waals surface area contributed by atoms with Crippen LogP contribution in [0.3, 0.4) is 0 Å². The van der Waals surface area contributed by atoms with Gasteiger partial charge < -0.3 is 13.7 Å². The van der Waals surface area contributed by atoms with Gasteiger partial charge in [0.1, 0.15) is 16.7 Å². The fraction of sp³-hybridized carbons (Fsp3) is 0.396. The summed E-state index contributed by atoms with van der Waals surface area (Å²) in [5.41, 5.74) is 18.7. The van der Waals surface area contributed by atoms with Crippen molar-refractivity contribution in [1.82, 2.24) is 0 Å². The van der Waals surface area contributed by atoms with Crippen molar-refractivity contribution < 1.29 is 8.83 Å². The van der Waals surface area contributed by atoms with Crippen LogP contribution < -0.4 is 21.5 Å². The van der Waals surface area contributed by atoms with E-state index in [0.717, 1.165) is 51.7 Å². The lowest BCUT2D eigenvalue weighted by molar-refractivity contribution is 0.332. The average molecular weight is 752 g/mol. The van der Waals surface area contributed by atoms with Crippen LogP contribution in [0.1, 0.15) is 135 Å². The summed E-state index contributed by atoms with van der Waals surface area (Å²) < 4.78 is 14.0. The summed E-state index contributed by atoms with van der Waals surface area (Å²) in [6.45, 7) is 28.4. The second-order valence-corrected chi connectivity index (χ2v) is 21.6. The maximum absolute atomic E-state index is 7.18. The van der Waals surface area contributed by atoms with Crippen molar-refractivity contribution in [3.8, 4) is 0 Å². The number of furan rings is 2. The van der Waals surface area contributed by atoms with Crippen molar-refractivity contribution >= 4 is 73.3 Å². The van der Waals surface area contributed by atoms with E-state index in [1.54, 1.807) is 0 Å². The van der Waals surface area contributed by atoms with Crippen molar-refractivity contribution in [3.05, 3.63) is 118 Å². The fourth-order valence-corrected chi connectivity index (χ4v) is 10.9. The molecule has 0 saturated carbocycles. The van der Waals surface area contributed by atoms with E-state index >= 15 is 0 Å². The summed E-state index contributed by atoms with van der Waals surface area (Å²) in [6.07, 6.45) is 4.69. The number of hydrogen-bond donors (Lipinski definition) is 0. The molecular formula is C53H58BNO2. The van der Waals surface area contributed by atoms with Crippen LogP contribution in [0.15, 0.2) is 93.8 Å². The number of anilines is 3. The Bertz CT molecular complexity index is 2760. The molecule has 0 radical (unpaired) electrons. The molecule has 2 aliphatic carbocycles. The molecule has 4 heteroatoms. The van der Waals surface area contributed by atoms with E-state index in [1.807, 2.05) is 0 Å². The first-order valence-electron chi connectivity index (χ1n) is 21.4. The van der Waals surface area contributed by atoms with Crippen LogP contribution >= 0.6 is 0 Å². The third kappa shape index (κ3) is 5.38. The summed E-state index contributed by atoms with van der Waals surface area (Å²) in [5, 5.41) is 3.53. The molecule has 290 valence electrons. The summed E-state index contributed by atoms with van der Waals surface area (Å²) >= 11 is 0. The molecule has 0 amide bonds. The number of benzene rings is 5. The van der Waals surface area contributed by atoms with Crippen LogP contribution in [0.25, 0.3) is 32.9 Å². The van der Waals surface area contributed by atoms with Crippen LogP contribution in [0.2, 0.25) is 0 Å². The van der Waals surface area contributed by atoms with Gasteiger partial charge in [0.15, 0.2) is 0 Å². The average Bonchev–Trinajstić information content (AvgIpc) is 3.74. The van der Waals surface area contributed by atoms with E-state index in [4.69, 9.17) is 8.83 Å². The van der Waals surface area contributed by atoms with Gasteiger partial charge >= 0.3 is 0 Å². The lowest BCUT2D eigenvalue weighted by Gasteiger charge is -2.45. The normalized spacial score (nSPS) is 19.1. The van der Waals surface area contributed by atoms with E-state index in [9.17, 15) is 0 Å². The van der Waals surface area contributed by atoms with Crippen LogP contribution in [0.5, 0.6) is 0 Å². The van der Waals surface area contributed by atoms with Gasteiger partial charge in [-0.2, -0.15) is 0 Å². The maximum atomic E-state index is 7.18. The topological polar surface area (TPSA) is 29.5 Å². The second kappa shape index (κ2) is 11.7. The minimum atomic E-state index is -0.0729. The molecule has 0 spiro atoms. The first kappa shape index (κ1) is 36.6. The highest BCUT2D eigenvalue weighted by Crippen LogP contribution is 2.51. The largest absolute Gasteiger partial charge is 0.470 e. The third-order valence-electron chi connectivity index (χ3n) is 14.6. The SMILES string of the molecule is Cc1ccc2c(c1)N(c1cccc3oc4c(C(C)(C)C)cccc4c13)c1cc3c(cc1B2c1cc2cc4c(cc2o1)C(C)(C)CCC4(C)C)C(C)(C)CCC3(C)C. The molecule has 3 heterocycles.